The largest absolute Gasteiger partial charge is 0.324 e. The van der Waals surface area contributed by atoms with E-state index in [0.29, 0.717) is 25.2 Å². The van der Waals surface area contributed by atoms with Crippen LogP contribution in [0.4, 0.5) is 0 Å². The average molecular weight is 197 g/mol. The van der Waals surface area contributed by atoms with Crippen LogP contribution in [-0.4, -0.2) is 25.7 Å². The molecule has 0 radical (unpaired) electrons. The second-order valence-corrected chi connectivity index (χ2v) is 3.31. The summed E-state index contributed by atoms with van der Waals surface area (Å²) < 4.78 is 1.60. The van der Waals surface area contributed by atoms with Crippen LogP contribution in [0.2, 0.25) is 0 Å². The van der Waals surface area contributed by atoms with E-state index in [2.05, 4.69) is 10.1 Å². The molecule has 0 aliphatic carbocycles. The summed E-state index contributed by atoms with van der Waals surface area (Å²) in [6, 6.07) is -0.533. The van der Waals surface area contributed by atoms with E-state index in [9.17, 15) is 10.1 Å². The third-order valence-electron chi connectivity index (χ3n) is 2.36. The van der Waals surface area contributed by atoms with E-state index >= 15 is 0 Å². The van der Waals surface area contributed by atoms with Crippen molar-refractivity contribution in [3.8, 4) is 0 Å². The number of nitrogens with zero attached hydrogens (tertiary/aromatic N) is 4. The Morgan fingerprint density at radius 2 is 2.50 bits per heavy atom. The van der Waals surface area contributed by atoms with Gasteiger partial charge in [0.2, 0.25) is 6.04 Å². The number of aromatic nitrogens is 3. The molecule has 0 fully saturated rings. The highest BCUT2D eigenvalue weighted by atomic mass is 16.6. The molecule has 0 saturated carbocycles. The van der Waals surface area contributed by atoms with Crippen molar-refractivity contribution in [2.75, 3.05) is 0 Å². The Balaban J connectivity index is 2.21. The van der Waals surface area contributed by atoms with Crippen molar-refractivity contribution in [2.24, 2.45) is 5.73 Å². The highest BCUT2D eigenvalue weighted by molar-refractivity contribution is 4.96. The third-order valence-corrected chi connectivity index (χ3v) is 2.36. The molecule has 0 spiro atoms. The lowest BCUT2D eigenvalue weighted by Gasteiger charge is -2.15. The summed E-state index contributed by atoms with van der Waals surface area (Å²) in [6.07, 6.45) is 1.15. The number of hydrogen-bond acceptors (Lipinski definition) is 5. The maximum Gasteiger partial charge on any atom is 0.232 e. The second-order valence-electron chi connectivity index (χ2n) is 3.31. The van der Waals surface area contributed by atoms with Crippen LogP contribution in [0.25, 0.3) is 0 Å². The van der Waals surface area contributed by atoms with Gasteiger partial charge in [-0.1, -0.05) is 0 Å². The molecular formula is C7H11N5O2. The zero-order valence-corrected chi connectivity index (χ0v) is 7.59. The maximum absolute atomic E-state index is 10.6. The first kappa shape index (κ1) is 9.07. The third kappa shape index (κ3) is 1.46. The lowest BCUT2D eigenvalue weighted by atomic mass is 10.1. The molecule has 1 atom stereocenters. The standard InChI is InChI=1S/C7H11N5O2/c8-3-6-9-7-2-1-5(12(13)14)4-11(7)10-6/h5H,1-4,8H2. The Morgan fingerprint density at radius 1 is 1.71 bits per heavy atom. The molecule has 2 N–H and O–H groups in total. The molecule has 76 valence electrons. The number of rotatable bonds is 2. The molecular weight excluding hydrogens is 186 g/mol. The van der Waals surface area contributed by atoms with Crippen molar-refractivity contribution in [3.05, 3.63) is 21.8 Å². The fourth-order valence-electron chi connectivity index (χ4n) is 1.60. The van der Waals surface area contributed by atoms with Gasteiger partial charge in [0.15, 0.2) is 5.82 Å². The Labute approximate surface area is 80.1 Å². The summed E-state index contributed by atoms with van der Waals surface area (Å²) in [6.45, 7) is 0.596. The molecule has 14 heavy (non-hydrogen) atoms. The molecule has 2 rings (SSSR count). The molecule has 0 aromatic carbocycles. The van der Waals surface area contributed by atoms with Crippen molar-refractivity contribution in [1.82, 2.24) is 14.8 Å². The summed E-state index contributed by atoms with van der Waals surface area (Å²) in [5.41, 5.74) is 5.38. The van der Waals surface area contributed by atoms with Gasteiger partial charge >= 0.3 is 0 Å². The Morgan fingerprint density at radius 3 is 3.14 bits per heavy atom. The van der Waals surface area contributed by atoms with Gasteiger partial charge in [0.1, 0.15) is 12.4 Å². The van der Waals surface area contributed by atoms with Crippen LogP contribution in [0.1, 0.15) is 18.1 Å². The van der Waals surface area contributed by atoms with Crippen molar-refractivity contribution >= 4 is 0 Å². The number of hydrogen-bond donors (Lipinski definition) is 1. The number of fused-ring (bicyclic) bond motifs is 1. The predicted molar refractivity (Wildman–Crippen MR) is 47.0 cm³/mol. The maximum atomic E-state index is 10.6. The topological polar surface area (TPSA) is 99.9 Å². The smallest absolute Gasteiger partial charge is 0.232 e. The lowest BCUT2D eigenvalue weighted by molar-refractivity contribution is -0.527. The molecule has 0 bridgehead atoms. The fourth-order valence-corrected chi connectivity index (χ4v) is 1.60. The van der Waals surface area contributed by atoms with E-state index in [1.54, 1.807) is 4.68 Å². The van der Waals surface area contributed by atoms with Gasteiger partial charge in [0.25, 0.3) is 0 Å². The molecule has 2 heterocycles. The number of aryl methyl sites for hydroxylation is 1. The van der Waals surface area contributed by atoms with Crippen molar-refractivity contribution < 1.29 is 4.92 Å². The highest BCUT2D eigenvalue weighted by Gasteiger charge is 2.28. The minimum atomic E-state index is -0.533. The fraction of sp³-hybridized carbons (Fsp3) is 0.714. The molecule has 1 aromatic heterocycles. The Bertz CT molecular complexity index is 361. The van der Waals surface area contributed by atoms with E-state index in [1.807, 2.05) is 0 Å². The zero-order chi connectivity index (χ0) is 10.1. The monoisotopic (exact) mass is 197 g/mol. The van der Waals surface area contributed by atoms with E-state index in [4.69, 9.17) is 5.73 Å². The Hall–Kier alpha value is -1.50. The van der Waals surface area contributed by atoms with Crippen molar-refractivity contribution in [1.29, 1.82) is 0 Å². The van der Waals surface area contributed by atoms with Crippen LogP contribution in [0.15, 0.2) is 0 Å². The molecule has 7 nitrogen and oxygen atoms in total. The predicted octanol–water partition coefficient (Wildman–Crippen LogP) is -0.672. The van der Waals surface area contributed by atoms with Gasteiger partial charge < -0.3 is 5.73 Å². The van der Waals surface area contributed by atoms with E-state index in [1.165, 1.54) is 0 Å². The summed E-state index contributed by atoms with van der Waals surface area (Å²) in [4.78, 5) is 14.5. The van der Waals surface area contributed by atoms with Gasteiger partial charge in [-0.05, 0) is 0 Å². The highest BCUT2D eigenvalue weighted by Crippen LogP contribution is 2.14. The van der Waals surface area contributed by atoms with Crippen LogP contribution in [0.3, 0.4) is 0 Å². The van der Waals surface area contributed by atoms with E-state index < -0.39 is 6.04 Å². The van der Waals surface area contributed by atoms with Crippen LogP contribution in [0.5, 0.6) is 0 Å². The summed E-state index contributed by atoms with van der Waals surface area (Å²) in [5.74, 6) is 1.37. The summed E-state index contributed by atoms with van der Waals surface area (Å²) in [5, 5.41) is 14.6. The quantitative estimate of drug-likeness (QED) is 0.500. The number of nitro groups is 1. The molecule has 1 unspecified atom stereocenters. The first-order valence-electron chi connectivity index (χ1n) is 4.47. The molecule has 1 aliphatic heterocycles. The molecule has 0 saturated heterocycles. The molecule has 0 amide bonds. The van der Waals surface area contributed by atoms with Gasteiger partial charge in [-0.2, -0.15) is 5.10 Å². The summed E-state index contributed by atoms with van der Waals surface area (Å²) in [7, 11) is 0. The van der Waals surface area contributed by atoms with Gasteiger partial charge in [-0.25, -0.2) is 9.67 Å². The van der Waals surface area contributed by atoms with Gasteiger partial charge in [-0.15, -0.1) is 0 Å². The van der Waals surface area contributed by atoms with Gasteiger partial charge in [0, 0.05) is 17.8 Å². The molecule has 7 heteroatoms. The number of nitrogens with two attached hydrogens (primary N) is 1. The first-order valence-corrected chi connectivity index (χ1v) is 4.47. The van der Waals surface area contributed by atoms with Gasteiger partial charge in [-0.3, -0.25) is 10.1 Å². The summed E-state index contributed by atoms with van der Waals surface area (Å²) >= 11 is 0. The van der Waals surface area contributed by atoms with Crippen LogP contribution >= 0.6 is 0 Å². The van der Waals surface area contributed by atoms with Crippen LogP contribution < -0.4 is 5.73 Å². The average Bonchev–Trinajstić information content (AvgIpc) is 2.58. The minimum absolute atomic E-state index is 0.257. The zero-order valence-electron chi connectivity index (χ0n) is 7.59. The van der Waals surface area contributed by atoms with Crippen LogP contribution in [0, 0.1) is 10.1 Å². The minimum Gasteiger partial charge on any atom is -0.324 e. The normalized spacial score (nSPS) is 20.5. The van der Waals surface area contributed by atoms with E-state index in [-0.39, 0.29) is 11.5 Å². The SMILES string of the molecule is NCc1nc2n(n1)CC([N+](=O)[O-])CC2. The van der Waals surface area contributed by atoms with E-state index in [0.717, 1.165) is 5.82 Å². The second kappa shape index (κ2) is 3.33. The molecule has 1 aromatic rings. The molecule has 1 aliphatic rings. The van der Waals surface area contributed by atoms with Crippen molar-refractivity contribution in [2.45, 2.75) is 32.0 Å². The van der Waals surface area contributed by atoms with Gasteiger partial charge in [0.05, 0.1) is 6.54 Å². The van der Waals surface area contributed by atoms with Crippen molar-refractivity contribution in [3.63, 3.8) is 0 Å². The lowest BCUT2D eigenvalue weighted by Crippen LogP contribution is -2.31. The first-order chi connectivity index (χ1) is 6.70. The van der Waals surface area contributed by atoms with Crippen LogP contribution in [-0.2, 0) is 19.5 Å². The Kier molecular flexibility index (Phi) is 2.16.